The fourth-order valence-corrected chi connectivity index (χ4v) is 1.84. The van der Waals surface area contributed by atoms with Gasteiger partial charge in [0.25, 0.3) is 0 Å². The smallest absolute Gasteiger partial charge is 0.383 e. The van der Waals surface area contributed by atoms with Crippen molar-refractivity contribution in [3.8, 4) is 0 Å². The summed E-state index contributed by atoms with van der Waals surface area (Å²) in [6, 6.07) is 8.45. The summed E-state index contributed by atoms with van der Waals surface area (Å²) in [6.45, 7) is 1.87. The maximum absolute atomic E-state index is 12.3. The summed E-state index contributed by atoms with van der Waals surface area (Å²) < 4.78 is 41.9. The van der Waals surface area contributed by atoms with Crippen molar-refractivity contribution in [2.24, 2.45) is 0 Å². The van der Waals surface area contributed by atoms with Crippen molar-refractivity contribution < 1.29 is 17.9 Å². The Morgan fingerprint density at radius 3 is 2.33 bits per heavy atom. The molecule has 102 valence electrons. The standard InChI is InChI=1S/C13H18F3NO/c1-10(8-13(14,15)16)17-12(9-18-2)11-6-4-3-5-7-11/h3-7,10,12,17H,8-9H2,1-2H3. The summed E-state index contributed by atoms with van der Waals surface area (Å²) in [4.78, 5) is 0. The van der Waals surface area contributed by atoms with E-state index in [2.05, 4.69) is 5.32 Å². The predicted octanol–water partition coefficient (Wildman–Crippen LogP) is 3.30. The average molecular weight is 261 g/mol. The van der Waals surface area contributed by atoms with Gasteiger partial charge >= 0.3 is 6.18 Å². The molecule has 0 heterocycles. The van der Waals surface area contributed by atoms with E-state index in [1.165, 1.54) is 14.0 Å². The van der Waals surface area contributed by atoms with Gasteiger partial charge in [0.05, 0.1) is 19.1 Å². The van der Waals surface area contributed by atoms with E-state index in [0.717, 1.165) is 5.56 Å². The molecule has 0 fully saturated rings. The Kier molecular flexibility index (Phi) is 5.62. The summed E-state index contributed by atoms with van der Waals surface area (Å²) in [7, 11) is 1.53. The van der Waals surface area contributed by atoms with Crippen LogP contribution >= 0.6 is 0 Å². The van der Waals surface area contributed by atoms with Gasteiger partial charge in [0, 0.05) is 13.2 Å². The number of hydrogen-bond donors (Lipinski definition) is 1. The van der Waals surface area contributed by atoms with Gasteiger partial charge in [0.15, 0.2) is 0 Å². The Hall–Kier alpha value is -1.07. The quantitative estimate of drug-likeness (QED) is 0.848. The van der Waals surface area contributed by atoms with Crippen molar-refractivity contribution in [3.05, 3.63) is 35.9 Å². The van der Waals surface area contributed by atoms with E-state index < -0.39 is 18.6 Å². The number of halogens is 3. The summed E-state index contributed by atoms with van der Waals surface area (Å²) in [5, 5.41) is 2.95. The van der Waals surface area contributed by atoms with Crippen molar-refractivity contribution in [2.45, 2.75) is 31.6 Å². The van der Waals surface area contributed by atoms with Crippen LogP contribution in [0.1, 0.15) is 24.9 Å². The summed E-state index contributed by atoms with van der Waals surface area (Å²) in [5.41, 5.74) is 0.924. The minimum absolute atomic E-state index is 0.228. The summed E-state index contributed by atoms with van der Waals surface area (Å²) in [5.74, 6) is 0. The van der Waals surface area contributed by atoms with E-state index in [4.69, 9.17) is 4.74 Å². The Morgan fingerprint density at radius 1 is 1.22 bits per heavy atom. The first kappa shape index (κ1) is 15.0. The first-order chi connectivity index (χ1) is 8.42. The fraction of sp³-hybridized carbons (Fsp3) is 0.538. The summed E-state index contributed by atoms with van der Waals surface area (Å²) >= 11 is 0. The number of nitrogens with one attached hydrogen (secondary N) is 1. The number of hydrogen-bond acceptors (Lipinski definition) is 2. The molecule has 0 bridgehead atoms. The molecular formula is C13H18F3NO. The van der Waals surface area contributed by atoms with Gasteiger partial charge in [0.2, 0.25) is 0 Å². The Balaban J connectivity index is 2.64. The van der Waals surface area contributed by atoms with Crippen LogP contribution in [0.2, 0.25) is 0 Å². The van der Waals surface area contributed by atoms with Gasteiger partial charge in [-0.3, -0.25) is 0 Å². The van der Waals surface area contributed by atoms with E-state index in [1.54, 1.807) is 0 Å². The van der Waals surface area contributed by atoms with Crippen LogP contribution in [0, 0.1) is 0 Å². The molecule has 2 unspecified atom stereocenters. The van der Waals surface area contributed by atoms with Crippen LogP contribution in [0.4, 0.5) is 13.2 Å². The van der Waals surface area contributed by atoms with Gasteiger partial charge in [0.1, 0.15) is 0 Å². The molecule has 0 aliphatic carbocycles. The molecule has 2 nitrogen and oxygen atoms in total. The Morgan fingerprint density at radius 2 is 1.83 bits per heavy atom. The number of methoxy groups -OCH3 is 1. The van der Waals surface area contributed by atoms with Crippen LogP contribution in [-0.2, 0) is 4.74 Å². The molecule has 1 rings (SSSR count). The van der Waals surface area contributed by atoms with E-state index in [-0.39, 0.29) is 6.04 Å². The third-order valence-electron chi connectivity index (χ3n) is 2.56. The molecule has 5 heteroatoms. The van der Waals surface area contributed by atoms with Crippen LogP contribution in [0.25, 0.3) is 0 Å². The third kappa shape index (κ3) is 5.51. The minimum atomic E-state index is -4.15. The highest BCUT2D eigenvalue weighted by molar-refractivity contribution is 5.19. The molecule has 2 atom stereocenters. The molecule has 0 saturated heterocycles. The molecular weight excluding hydrogens is 243 g/mol. The molecule has 0 aliphatic heterocycles. The highest BCUT2D eigenvalue weighted by atomic mass is 19.4. The molecule has 0 spiro atoms. The molecule has 0 radical (unpaired) electrons. The van der Waals surface area contributed by atoms with E-state index in [1.807, 2.05) is 30.3 Å². The van der Waals surface area contributed by atoms with Gasteiger partial charge in [-0.15, -0.1) is 0 Å². The zero-order valence-corrected chi connectivity index (χ0v) is 10.5. The topological polar surface area (TPSA) is 21.3 Å². The highest BCUT2D eigenvalue weighted by Crippen LogP contribution is 2.23. The van der Waals surface area contributed by atoms with Crippen molar-refractivity contribution in [3.63, 3.8) is 0 Å². The maximum atomic E-state index is 12.3. The first-order valence-electron chi connectivity index (χ1n) is 5.79. The van der Waals surface area contributed by atoms with E-state index in [9.17, 15) is 13.2 Å². The van der Waals surface area contributed by atoms with Crippen molar-refractivity contribution >= 4 is 0 Å². The lowest BCUT2D eigenvalue weighted by molar-refractivity contribution is -0.139. The van der Waals surface area contributed by atoms with Gasteiger partial charge in [-0.25, -0.2) is 0 Å². The van der Waals surface area contributed by atoms with Gasteiger partial charge < -0.3 is 10.1 Å². The molecule has 18 heavy (non-hydrogen) atoms. The zero-order chi connectivity index (χ0) is 13.6. The van der Waals surface area contributed by atoms with Crippen LogP contribution in [0.3, 0.4) is 0 Å². The van der Waals surface area contributed by atoms with Crippen LogP contribution in [0.5, 0.6) is 0 Å². The zero-order valence-electron chi connectivity index (χ0n) is 10.5. The van der Waals surface area contributed by atoms with Crippen LogP contribution in [-0.4, -0.2) is 25.9 Å². The second-order valence-electron chi connectivity index (χ2n) is 4.31. The SMILES string of the molecule is COCC(NC(C)CC(F)(F)F)c1ccccc1. The molecule has 0 saturated carbocycles. The van der Waals surface area contributed by atoms with Gasteiger partial charge in [-0.1, -0.05) is 30.3 Å². The van der Waals surface area contributed by atoms with Crippen LogP contribution in [0.15, 0.2) is 30.3 Å². The normalized spacial score (nSPS) is 15.4. The maximum Gasteiger partial charge on any atom is 0.390 e. The van der Waals surface area contributed by atoms with Crippen molar-refractivity contribution in [1.82, 2.24) is 5.32 Å². The minimum Gasteiger partial charge on any atom is -0.383 e. The number of benzene rings is 1. The lowest BCUT2D eigenvalue weighted by Gasteiger charge is -2.24. The predicted molar refractivity (Wildman–Crippen MR) is 64.3 cm³/mol. The van der Waals surface area contributed by atoms with Gasteiger partial charge in [-0.2, -0.15) is 13.2 Å². The Labute approximate surface area is 105 Å². The first-order valence-corrected chi connectivity index (χ1v) is 5.79. The molecule has 1 N–H and O–H groups in total. The second-order valence-corrected chi connectivity index (χ2v) is 4.31. The third-order valence-corrected chi connectivity index (χ3v) is 2.56. The second kappa shape index (κ2) is 6.75. The van der Waals surface area contributed by atoms with Crippen molar-refractivity contribution in [1.29, 1.82) is 0 Å². The lowest BCUT2D eigenvalue weighted by atomic mass is 10.1. The summed E-state index contributed by atoms with van der Waals surface area (Å²) in [6.07, 6.45) is -5.00. The average Bonchev–Trinajstić information content (AvgIpc) is 2.27. The lowest BCUT2D eigenvalue weighted by Crippen LogP contribution is -2.36. The molecule has 0 aromatic heterocycles. The van der Waals surface area contributed by atoms with E-state index >= 15 is 0 Å². The molecule has 1 aromatic rings. The van der Waals surface area contributed by atoms with Crippen molar-refractivity contribution in [2.75, 3.05) is 13.7 Å². The largest absolute Gasteiger partial charge is 0.390 e. The highest BCUT2D eigenvalue weighted by Gasteiger charge is 2.30. The van der Waals surface area contributed by atoms with Crippen LogP contribution < -0.4 is 5.32 Å². The number of alkyl halides is 3. The Bertz CT molecular complexity index is 340. The molecule has 1 aromatic carbocycles. The number of rotatable bonds is 6. The number of ether oxygens (including phenoxy) is 1. The molecule has 0 amide bonds. The fourth-order valence-electron chi connectivity index (χ4n) is 1.84. The van der Waals surface area contributed by atoms with E-state index in [0.29, 0.717) is 6.61 Å². The monoisotopic (exact) mass is 261 g/mol. The van der Waals surface area contributed by atoms with Gasteiger partial charge in [-0.05, 0) is 12.5 Å². The molecule has 0 aliphatic rings.